The molecule has 1 aliphatic rings. The van der Waals surface area contributed by atoms with Gasteiger partial charge in [0.15, 0.2) is 5.78 Å². The number of hydrogen-bond acceptors (Lipinski definition) is 2. The highest BCUT2D eigenvalue weighted by Crippen LogP contribution is 2.48. The summed E-state index contributed by atoms with van der Waals surface area (Å²) in [6.07, 6.45) is 0.478. The third kappa shape index (κ3) is 4.21. The van der Waals surface area contributed by atoms with E-state index in [1.54, 1.807) is 0 Å². The van der Waals surface area contributed by atoms with E-state index in [1.165, 1.54) is 5.56 Å². The van der Waals surface area contributed by atoms with Crippen molar-refractivity contribution in [3.05, 3.63) is 105 Å². The summed E-state index contributed by atoms with van der Waals surface area (Å²) in [5.74, 6) is 0.176. The molecule has 0 aliphatic heterocycles. The van der Waals surface area contributed by atoms with Gasteiger partial charge in [-0.25, -0.2) is 0 Å². The molecular weight excluding hydrogens is 508 g/mol. The number of rotatable bonds is 4. The molecule has 0 saturated heterocycles. The Morgan fingerprint density at radius 2 is 1.62 bits per heavy atom. The molecule has 1 heterocycles. The van der Waals surface area contributed by atoms with Crippen LogP contribution in [0.15, 0.2) is 83.3 Å². The van der Waals surface area contributed by atoms with E-state index in [0.29, 0.717) is 11.4 Å². The van der Waals surface area contributed by atoms with E-state index in [-0.39, 0.29) is 17.2 Å². The number of aryl methyl sites for hydroxylation is 1. The molecule has 1 atom stereocenters. The van der Waals surface area contributed by atoms with Crippen molar-refractivity contribution in [2.45, 2.75) is 33.2 Å². The van der Waals surface area contributed by atoms with E-state index in [9.17, 15) is 4.79 Å². The molecule has 0 amide bonds. The van der Waals surface area contributed by atoms with Crippen LogP contribution in [-0.2, 0) is 0 Å². The number of nitrogens with one attached hydrogen (secondary N) is 1. The minimum atomic E-state index is -0.287. The van der Waals surface area contributed by atoms with Gasteiger partial charge in [0.05, 0.1) is 17.4 Å². The number of Topliss-reactive ketones (excluding diaryl/α,β-unsaturated/α-hetero) is 1. The number of ketones is 1. The lowest BCUT2D eigenvalue weighted by atomic mass is 9.72. The molecule has 0 saturated carbocycles. The lowest BCUT2D eigenvalue weighted by Gasteiger charge is -2.40. The standard InChI is InChI=1S/C29H26BrClN2O/c1-18-4-6-19(7-5-18)25-16-24-26(34)17-29(2,3)28(32-22-12-8-20(30)9-13-22)27(24)33(25)23-14-10-21(31)11-15-23/h4-16,28,32H,17H2,1-3H3. The zero-order chi connectivity index (χ0) is 24.0. The van der Waals surface area contributed by atoms with Crippen molar-refractivity contribution in [3.63, 3.8) is 0 Å². The average molecular weight is 534 g/mol. The van der Waals surface area contributed by atoms with Crippen LogP contribution in [0, 0.1) is 12.3 Å². The van der Waals surface area contributed by atoms with Crippen molar-refractivity contribution in [3.8, 4) is 16.9 Å². The fourth-order valence-electron chi connectivity index (χ4n) is 4.80. The van der Waals surface area contributed by atoms with Crippen LogP contribution in [0.5, 0.6) is 0 Å². The van der Waals surface area contributed by atoms with Gasteiger partial charge >= 0.3 is 0 Å². The van der Waals surface area contributed by atoms with Crippen LogP contribution in [0.25, 0.3) is 16.9 Å². The fourth-order valence-corrected chi connectivity index (χ4v) is 5.19. The van der Waals surface area contributed by atoms with Gasteiger partial charge in [-0.1, -0.05) is 71.2 Å². The van der Waals surface area contributed by atoms with Gasteiger partial charge < -0.3 is 9.88 Å². The Morgan fingerprint density at radius 1 is 0.971 bits per heavy atom. The lowest BCUT2D eigenvalue weighted by molar-refractivity contribution is 0.0891. The molecule has 34 heavy (non-hydrogen) atoms. The molecule has 1 N–H and O–H groups in total. The number of anilines is 1. The van der Waals surface area contributed by atoms with E-state index < -0.39 is 0 Å². The highest BCUT2D eigenvalue weighted by atomic mass is 79.9. The van der Waals surface area contributed by atoms with Crippen molar-refractivity contribution in [1.82, 2.24) is 4.57 Å². The predicted octanol–water partition coefficient (Wildman–Crippen LogP) is 8.63. The Bertz CT molecular complexity index is 1350. The summed E-state index contributed by atoms with van der Waals surface area (Å²) in [6, 6.07) is 26.5. The van der Waals surface area contributed by atoms with Crippen molar-refractivity contribution >= 4 is 39.0 Å². The molecule has 0 spiro atoms. The smallest absolute Gasteiger partial charge is 0.165 e. The van der Waals surface area contributed by atoms with E-state index in [2.05, 4.69) is 89.0 Å². The van der Waals surface area contributed by atoms with Gasteiger partial charge in [0.1, 0.15) is 0 Å². The lowest BCUT2D eigenvalue weighted by Crippen LogP contribution is -2.37. The Morgan fingerprint density at radius 3 is 2.26 bits per heavy atom. The zero-order valence-electron chi connectivity index (χ0n) is 19.4. The maximum Gasteiger partial charge on any atom is 0.165 e. The summed E-state index contributed by atoms with van der Waals surface area (Å²) < 4.78 is 3.26. The van der Waals surface area contributed by atoms with Gasteiger partial charge in [0, 0.05) is 32.9 Å². The molecule has 5 heteroatoms. The van der Waals surface area contributed by atoms with Gasteiger partial charge in [-0.2, -0.15) is 0 Å². The van der Waals surface area contributed by atoms with Crippen LogP contribution in [0.4, 0.5) is 5.69 Å². The van der Waals surface area contributed by atoms with Crippen LogP contribution in [0.2, 0.25) is 5.02 Å². The summed E-state index contributed by atoms with van der Waals surface area (Å²) in [6.45, 7) is 6.40. The Kier molecular flexibility index (Phi) is 5.91. The summed E-state index contributed by atoms with van der Waals surface area (Å²) in [5, 5.41) is 4.43. The average Bonchev–Trinajstić information content (AvgIpc) is 3.19. The van der Waals surface area contributed by atoms with Gasteiger partial charge in [-0.05, 0) is 72.5 Å². The molecule has 3 nitrogen and oxygen atoms in total. The number of nitrogens with zero attached hydrogens (tertiary/aromatic N) is 1. The van der Waals surface area contributed by atoms with Crippen molar-refractivity contribution in [2.24, 2.45) is 5.41 Å². The number of fused-ring (bicyclic) bond motifs is 1. The third-order valence-corrected chi connectivity index (χ3v) is 7.38. The van der Waals surface area contributed by atoms with E-state index in [1.807, 2.05) is 36.4 Å². The fraction of sp³-hybridized carbons (Fsp3) is 0.207. The highest BCUT2D eigenvalue weighted by molar-refractivity contribution is 9.10. The molecule has 0 fully saturated rings. The topological polar surface area (TPSA) is 34.0 Å². The quantitative estimate of drug-likeness (QED) is 0.285. The molecule has 0 bridgehead atoms. The molecular formula is C29H26BrClN2O. The largest absolute Gasteiger partial charge is 0.376 e. The van der Waals surface area contributed by atoms with Crippen LogP contribution < -0.4 is 5.32 Å². The van der Waals surface area contributed by atoms with Gasteiger partial charge in [-0.15, -0.1) is 0 Å². The molecule has 0 radical (unpaired) electrons. The summed E-state index contributed by atoms with van der Waals surface area (Å²) >= 11 is 9.75. The monoisotopic (exact) mass is 532 g/mol. The van der Waals surface area contributed by atoms with E-state index >= 15 is 0 Å². The minimum absolute atomic E-state index is 0.0729. The van der Waals surface area contributed by atoms with Gasteiger partial charge in [0.25, 0.3) is 0 Å². The number of benzene rings is 3. The second kappa shape index (κ2) is 8.75. The van der Waals surface area contributed by atoms with Gasteiger partial charge in [-0.3, -0.25) is 4.79 Å². The first kappa shape index (κ1) is 22.9. The molecule has 172 valence electrons. The maximum atomic E-state index is 13.4. The van der Waals surface area contributed by atoms with Crippen LogP contribution in [0.3, 0.4) is 0 Å². The number of carbonyl (C=O) groups is 1. The molecule has 1 unspecified atom stereocenters. The van der Waals surface area contributed by atoms with Gasteiger partial charge in [0.2, 0.25) is 0 Å². The Hall–Kier alpha value is -2.82. The molecule has 1 aromatic heterocycles. The second-order valence-electron chi connectivity index (χ2n) is 9.68. The number of halogens is 2. The minimum Gasteiger partial charge on any atom is -0.376 e. The van der Waals surface area contributed by atoms with Crippen molar-refractivity contribution < 1.29 is 4.79 Å². The first-order valence-electron chi connectivity index (χ1n) is 11.4. The molecule has 3 aromatic carbocycles. The highest BCUT2D eigenvalue weighted by Gasteiger charge is 2.43. The van der Waals surface area contributed by atoms with Crippen molar-refractivity contribution in [2.75, 3.05) is 5.32 Å². The number of aromatic nitrogens is 1. The second-order valence-corrected chi connectivity index (χ2v) is 11.0. The normalized spacial score (nSPS) is 16.9. The zero-order valence-corrected chi connectivity index (χ0v) is 21.7. The maximum absolute atomic E-state index is 13.4. The Balaban J connectivity index is 1.76. The van der Waals surface area contributed by atoms with Crippen LogP contribution in [-0.4, -0.2) is 10.4 Å². The summed E-state index contributed by atoms with van der Waals surface area (Å²) in [7, 11) is 0. The SMILES string of the molecule is Cc1ccc(-c2cc3c(n2-c2ccc(Cl)cc2)C(Nc2ccc(Br)cc2)C(C)(C)CC3=O)cc1. The molecule has 4 aromatic rings. The summed E-state index contributed by atoms with van der Waals surface area (Å²) in [5.41, 5.74) is 6.75. The number of carbonyl (C=O) groups excluding carboxylic acids is 1. The van der Waals surface area contributed by atoms with Crippen molar-refractivity contribution in [1.29, 1.82) is 0 Å². The summed E-state index contributed by atoms with van der Waals surface area (Å²) in [4.78, 5) is 13.4. The first-order chi connectivity index (χ1) is 16.2. The van der Waals surface area contributed by atoms with Crippen LogP contribution in [0.1, 0.15) is 47.9 Å². The first-order valence-corrected chi connectivity index (χ1v) is 12.5. The van der Waals surface area contributed by atoms with E-state index in [4.69, 9.17) is 11.6 Å². The number of hydrogen-bond donors (Lipinski definition) is 1. The predicted molar refractivity (Wildman–Crippen MR) is 144 cm³/mol. The molecule has 5 rings (SSSR count). The van der Waals surface area contributed by atoms with E-state index in [0.717, 1.165) is 38.4 Å². The molecule has 1 aliphatic carbocycles. The van der Waals surface area contributed by atoms with Crippen LogP contribution >= 0.6 is 27.5 Å². The third-order valence-electron chi connectivity index (χ3n) is 6.60. The Labute approximate surface area is 213 Å².